The van der Waals surface area contributed by atoms with Gasteiger partial charge >= 0.3 is 0 Å². The summed E-state index contributed by atoms with van der Waals surface area (Å²) in [5.74, 6) is 2.87. The quantitative estimate of drug-likeness (QED) is 0.900. The maximum atomic E-state index is 6.18. The molecule has 96 valence electrons. The van der Waals surface area contributed by atoms with Crippen LogP contribution in [0.15, 0.2) is 30.3 Å². The Balaban J connectivity index is 2.20. The Kier molecular flexibility index (Phi) is 4.31. The molecule has 2 N–H and O–H groups in total. The summed E-state index contributed by atoms with van der Waals surface area (Å²) in [5, 5.41) is 0. The van der Waals surface area contributed by atoms with E-state index < -0.39 is 0 Å². The van der Waals surface area contributed by atoms with Gasteiger partial charge in [-0.05, 0) is 24.5 Å². The molecule has 0 fully saturated rings. The number of nitrogen functional groups attached to an aromatic ring is 1. The minimum atomic E-state index is 0.796. The van der Waals surface area contributed by atoms with Gasteiger partial charge in [0.25, 0.3) is 0 Å². The molecule has 1 heterocycles. The Morgan fingerprint density at radius 1 is 1.28 bits per heavy atom. The van der Waals surface area contributed by atoms with Crippen molar-refractivity contribution < 1.29 is 0 Å². The fourth-order valence-electron chi connectivity index (χ4n) is 1.99. The Morgan fingerprint density at radius 2 is 2.00 bits per heavy atom. The van der Waals surface area contributed by atoms with Crippen LogP contribution in [0.1, 0.15) is 17.1 Å². The van der Waals surface area contributed by atoms with Gasteiger partial charge in [0.2, 0.25) is 0 Å². The van der Waals surface area contributed by atoms with Gasteiger partial charge in [0.05, 0.1) is 12.2 Å². The Hall–Kier alpha value is -1.42. The van der Waals surface area contributed by atoms with E-state index in [4.69, 9.17) is 5.73 Å². The molecule has 0 aliphatic heterocycles. The fraction of sp³-hybridized carbons (Fsp3) is 0.357. The minimum Gasteiger partial charge on any atom is -0.384 e. The van der Waals surface area contributed by atoms with Crippen LogP contribution in [0.5, 0.6) is 0 Å². The Labute approximate surface area is 112 Å². The van der Waals surface area contributed by atoms with Crippen molar-refractivity contribution in [3.63, 3.8) is 0 Å². The summed E-state index contributed by atoms with van der Waals surface area (Å²) in [7, 11) is 0. The highest BCUT2D eigenvalue weighted by molar-refractivity contribution is 7.98. The molecular weight excluding hydrogens is 242 g/mol. The first-order valence-electron chi connectivity index (χ1n) is 6.06. The molecule has 0 unspecified atom stereocenters. The largest absolute Gasteiger partial charge is 0.384 e. The van der Waals surface area contributed by atoms with Gasteiger partial charge in [-0.25, -0.2) is 4.98 Å². The summed E-state index contributed by atoms with van der Waals surface area (Å²) in [6, 6.07) is 10.3. The number of imidazole rings is 1. The molecule has 0 radical (unpaired) electrons. The highest BCUT2D eigenvalue weighted by atomic mass is 32.2. The number of nitrogens with zero attached hydrogens (tertiary/aromatic N) is 2. The zero-order valence-corrected chi connectivity index (χ0v) is 11.7. The predicted molar refractivity (Wildman–Crippen MR) is 79.0 cm³/mol. The first-order chi connectivity index (χ1) is 8.72. The third-order valence-electron chi connectivity index (χ3n) is 3.00. The molecule has 1 aromatic heterocycles. The molecule has 2 rings (SSSR count). The smallest absolute Gasteiger partial charge is 0.127 e. The van der Waals surface area contributed by atoms with Gasteiger partial charge in [0.1, 0.15) is 11.6 Å². The lowest BCUT2D eigenvalue weighted by atomic mass is 10.2. The molecule has 0 saturated heterocycles. The van der Waals surface area contributed by atoms with Crippen molar-refractivity contribution in [3.05, 3.63) is 47.4 Å². The van der Waals surface area contributed by atoms with Crippen LogP contribution in [-0.4, -0.2) is 21.6 Å². The van der Waals surface area contributed by atoms with E-state index in [2.05, 4.69) is 27.9 Å². The second-order valence-corrected chi connectivity index (χ2v) is 5.29. The van der Waals surface area contributed by atoms with E-state index in [-0.39, 0.29) is 0 Å². The fourth-order valence-corrected chi connectivity index (χ4v) is 2.39. The van der Waals surface area contributed by atoms with E-state index in [0.29, 0.717) is 0 Å². The molecule has 0 bridgehead atoms. The monoisotopic (exact) mass is 261 g/mol. The van der Waals surface area contributed by atoms with E-state index in [0.717, 1.165) is 36.1 Å². The van der Waals surface area contributed by atoms with Crippen LogP contribution in [0, 0.1) is 6.92 Å². The van der Waals surface area contributed by atoms with Crippen molar-refractivity contribution in [1.82, 2.24) is 9.55 Å². The molecule has 0 saturated carbocycles. The number of anilines is 1. The molecule has 1 aromatic carbocycles. The summed E-state index contributed by atoms with van der Waals surface area (Å²) in [5.41, 5.74) is 8.46. The third kappa shape index (κ3) is 2.88. The summed E-state index contributed by atoms with van der Waals surface area (Å²) in [6.45, 7) is 2.81. The topological polar surface area (TPSA) is 43.8 Å². The lowest BCUT2D eigenvalue weighted by molar-refractivity contribution is 0.771. The number of aryl methyl sites for hydroxylation is 2. The first-order valence-corrected chi connectivity index (χ1v) is 7.46. The zero-order chi connectivity index (χ0) is 13.0. The standard InChI is InChI=1S/C14H19N3S/c1-11-16-13(8-9-18-2)14(15)17(11)10-12-6-4-3-5-7-12/h3-7H,8-10,15H2,1-2H3. The molecule has 2 aromatic rings. The average molecular weight is 261 g/mol. The summed E-state index contributed by atoms with van der Waals surface area (Å²) in [4.78, 5) is 4.57. The van der Waals surface area contributed by atoms with Gasteiger partial charge in [-0.15, -0.1) is 0 Å². The normalized spacial score (nSPS) is 10.8. The van der Waals surface area contributed by atoms with Gasteiger partial charge in [0.15, 0.2) is 0 Å². The highest BCUT2D eigenvalue weighted by Crippen LogP contribution is 2.17. The lowest BCUT2D eigenvalue weighted by Crippen LogP contribution is -2.06. The number of rotatable bonds is 5. The SMILES string of the molecule is CSCCc1nc(C)n(Cc2ccccc2)c1N. The molecule has 0 aliphatic carbocycles. The molecule has 0 amide bonds. The second kappa shape index (κ2) is 5.96. The van der Waals surface area contributed by atoms with Crippen LogP contribution < -0.4 is 5.73 Å². The van der Waals surface area contributed by atoms with Gasteiger partial charge in [-0.2, -0.15) is 11.8 Å². The Morgan fingerprint density at radius 3 is 2.67 bits per heavy atom. The predicted octanol–water partition coefficient (Wildman–Crippen LogP) is 2.73. The lowest BCUT2D eigenvalue weighted by Gasteiger charge is -2.07. The molecule has 18 heavy (non-hydrogen) atoms. The maximum absolute atomic E-state index is 6.18. The Bertz CT molecular complexity index is 505. The number of nitrogens with two attached hydrogens (primary N) is 1. The van der Waals surface area contributed by atoms with E-state index in [1.54, 1.807) is 0 Å². The van der Waals surface area contributed by atoms with Crippen LogP contribution in [0.2, 0.25) is 0 Å². The van der Waals surface area contributed by atoms with E-state index in [1.807, 2.05) is 36.9 Å². The second-order valence-electron chi connectivity index (χ2n) is 4.31. The van der Waals surface area contributed by atoms with Crippen molar-refractivity contribution in [2.75, 3.05) is 17.7 Å². The number of aromatic nitrogens is 2. The summed E-state index contributed by atoms with van der Waals surface area (Å²) >= 11 is 1.82. The van der Waals surface area contributed by atoms with Gasteiger partial charge < -0.3 is 10.3 Å². The maximum Gasteiger partial charge on any atom is 0.127 e. The van der Waals surface area contributed by atoms with Crippen molar-refractivity contribution in [3.8, 4) is 0 Å². The number of hydrogen-bond acceptors (Lipinski definition) is 3. The van der Waals surface area contributed by atoms with Gasteiger partial charge in [-0.3, -0.25) is 0 Å². The average Bonchev–Trinajstić information content (AvgIpc) is 2.65. The van der Waals surface area contributed by atoms with Crippen LogP contribution in [0.4, 0.5) is 5.82 Å². The van der Waals surface area contributed by atoms with E-state index in [9.17, 15) is 0 Å². The van der Waals surface area contributed by atoms with Crippen molar-refractivity contribution in [2.45, 2.75) is 19.9 Å². The molecular formula is C14H19N3S. The third-order valence-corrected chi connectivity index (χ3v) is 3.61. The number of hydrogen-bond donors (Lipinski definition) is 1. The van der Waals surface area contributed by atoms with Crippen LogP contribution in [-0.2, 0) is 13.0 Å². The van der Waals surface area contributed by atoms with Crippen LogP contribution in [0.25, 0.3) is 0 Å². The van der Waals surface area contributed by atoms with Crippen LogP contribution in [0.3, 0.4) is 0 Å². The molecule has 0 atom stereocenters. The molecule has 0 aliphatic rings. The number of benzene rings is 1. The van der Waals surface area contributed by atoms with Crippen molar-refractivity contribution in [1.29, 1.82) is 0 Å². The van der Waals surface area contributed by atoms with Crippen molar-refractivity contribution >= 4 is 17.6 Å². The highest BCUT2D eigenvalue weighted by Gasteiger charge is 2.11. The summed E-state index contributed by atoms with van der Waals surface area (Å²) < 4.78 is 2.09. The minimum absolute atomic E-state index is 0.796. The van der Waals surface area contributed by atoms with E-state index >= 15 is 0 Å². The van der Waals surface area contributed by atoms with Crippen molar-refractivity contribution in [2.24, 2.45) is 0 Å². The zero-order valence-electron chi connectivity index (χ0n) is 10.9. The first kappa shape index (κ1) is 13.0. The van der Waals surface area contributed by atoms with Gasteiger partial charge in [-0.1, -0.05) is 30.3 Å². The molecule has 0 spiro atoms. The van der Waals surface area contributed by atoms with Crippen LogP contribution >= 0.6 is 11.8 Å². The summed E-state index contributed by atoms with van der Waals surface area (Å²) in [6.07, 6.45) is 3.04. The number of thioether (sulfide) groups is 1. The van der Waals surface area contributed by atoms with E-state index in [1.165, 1.54) is 5.56 Å². The van der Waals surface area contributed by atoms with Gasteiger partial charge in [0, 0.05) is 6.42 Å². The molecule has 4 heteroatoms. The molecule has 3 nitrogen and oxygen atoms in total.